The monoisotopic (exact) mass is 465 g/mol. The molecule has 2 aromatic rings. The molecular formula is C28H32FNO4. The fourth-order valence-electron chi connectivity index (χ4n) is 5.43. The summed E-state index contributed by atoms with van der Waals surface area (Å²) < 4.78 is 19.4. The highest BCUT2D eigenvalue weighted by Crippen LogP contribution is 2.45. The molecular weight excluding hydrogens is 433 g/mol. The van der Waals surface area contributed by atoms with E-state index in [2.05, 4.69) is 0 Å². The Hall–Kier alpha value is -2.99. The Kier molecular flexibility index (Phi) is 7.47. The number of likely N-dealkylation sites (tertiary alicyclic amines) is 1. The van der Waals surface area contributed by atoms with Crippen LogP contribution in [0.25, 0.3) is 0 Å². The lowest BCUT2D eigenvalue weighted by Crippen LogP contribution is -2.38. The number of halogens is 1. The molecule has 0 bridgehead atoms. The summed E-state index contributed by atoms with van der Waals surface area (Å²) in [5.41, 5.74) is 1.49. The second-order valence-electron chi connectivity index (χ2n) is 9.30. The first kappa shape index (κ1) is 24.1. The fraction of sp³-hybridized carbons (Fsp3) is 0.429. The summed E-state index contributed by atoms with van der Waals surface area (Å²) in [6, 6.07) is 13.9. The molecule has 1 N–H and O–H groups in total. The summed E-state index contributed by atoms with van der Waals surface area (Å²) in [6.07, 6.45) is 8.15. The van der Waals surface area contributed by atoms with Crippen LogP contribution in [0.1, 0.15) is 60.0 Å². The van der Waals surface area contributed by atoms with Gasteiger partial charge in [0.05, 0.1) is 24.8 Å². The van der Waals surface area contributed by atoms with Crippen LogP contribution in [0, 0.1) is 5.82 Å². The van der Waals surface area contributed by atoms with Crippen molar-refractivity contribution >= 4 is 11.9 Å². The third kappa shape index (κ3) is 4.92. The van der Waals surface area contributed by atoms with Crippen LogP contribution in [0.5, 0.6) is 0 Å². The number of rotatable bonds is 8. The number of ether oxygens (including phenoxy) is 1. The zero-order valence-corrected chi connectivity index (χ0v) is 19.6. The topological polar surface area (TPSA) is 66.8 Å². The lowest BCUT2D eigenvalue weighted by atomic mass is 9.73. The summed E-state index contributed by atoms with van der Waals surface area (Å²) in [5, 5.41) is 11.2. The maximum Gasteiger partial charge on any atom is 0.337 e. The SMILES string of the molecule is COC(=O)c1ccc(CCN2C(=O)CCC2C=CC(O)C2(c3ccccc3F)CCCC2)cc1. The molecule has 2 aromatic carbocycles. The van der Waals surface area contributed by atoms with Crippen LogP contribution in [-0.4, -0.2) is 47.7 Å². The van der Waals surface area contributed by atoms with Crippen LogP contribution in [0.4, 0.5) is 4.39 Å². The van der Waals surface area contributed by atoms with E-state index in [1.165, 1.54) is 13.2 Å². The normalized spacial score (nSPS) is 20.7. The van der Waals surface area contributed by atoms with Gasteiger partial charge in [-0.15, -0.1) is 0 Å². The van der Waals surface area contributed by atoms with Crippen molar-refractivity contribution in [1.29, 1.82) is 0 Å². The minimum Gasteiger partial charge on any atom is -0.465 e. The van der Waals surface area contributed by atoms with Gasteiger partial charge in [-0.3, -0.25) is 4.79 Å². The van der Waals surface area contributed by atoms with Crippen LogP contribution >= 0.6 is 0 Å². The summed E-state index contributed by atoms with van der Waals surface area (Å²) in [5.74, 6) is -0.548. The van der Waals surface area contributed by atoms with E-state index in [-0.39, 0.29) is 23.7 Å². The predicted molar refractivity (Wildman–Crippen MR) is 128 cm³/mol. The van der Waals surface area contributed by atoms with Crippen LogP contribution in [0.3, 0.4) is 0 Å². The van der Waals surface area contributed by atoms with Gasteiger partial charge in [-0.05, 0) is 55.0 Å². The Morgan fingerprint density at radius 3 is 2.59 bits per heavy atom. The van der Waals surface area contributed by atoms with E-state index in [0.717, 1.165) is 31.2 Å². The molecule has 2 unspecified atom stereocenters. The molecule has 1 saturated heterocycles. The van der Waals surface area contributed by atoms with Gasteiger partial charge in [0.25, 0.3) is 0 Å². The van der Waals surface area contributed by atoms with Gasteiger partial charge in [0.15, 0.2) is 0 Å². The quantitative estimate of drug-likeness (QED) is 0.458. The van der Waals surface area contributed by atoms with Crippen molar-refractivity contribution in [1.82, 2.24) is 4.90 Å². The fourth-order valence-corrected chi connectivity index (χ4v) is 5.43. The third-order valence-corrected chi connectivity index (χ3v) is 7.38. The zero-order valence-electron chi connectivity index (χ0n) is 19.6. The third-order valence-electron chi connectivity index (χ3n) is 7.38. The molecule has 2 atom stereocenters. The van der Waals surface area contributed by atoms with Gasteiger partial charge >= 0.3 is 5.97 Å². The second kappa shape index (κ2) is 10.5. The maximum absolute atomic E-state index is 14.6. The number of hydrogen-bond acceptors (Lipinski definition) is 4. The van der Waals surface area contributed by atoms with Crippen molar-refractivity contribution in [3.63, 3.8) is 0 Å². The number of hydrogen-bond donors (Lipinski definition) is 1. The Balaban J connectivity index is 1.44. The van der Waals surface area contributed by atoms with E-state index < -0.39 is 11.5 Å². The minimum absolute atomic E-state index is 0.0874. The van der Waals surface area contributed by atoms with Crippen LogP contribution in [0.2, 0.25) is 0 Å². The lowest BCUT2D eigenvalue weighted by molar-refractivity contribution is -0.128. The maximum atomic E-state index is 14.6. The molecule has 1 heterocycles. The summed E-state index contributed by atoms with van der Waals surface area (Å²) in [7, 11) is 1.35. The molecule has 0 radical (unpaired) electrons. The standard InChI is InChI=1S/C28H32FNO4/c1-34-27(33)21-10-8-20(9-11-21)16-19-30-22(13-15-26(30)32)12-14-25(31)28(17-4-5-18-28)23-6-2-3-7-24(23)29/h2-3,6-12,14,22,25,31H,4-5,13,15-19H2,1H3. The highest BCUT2D eigenvalue weighted by molar-refractivity contribution is 5.89. The highest BCUT2D eigenvalue weighted by atomic mass is 19.1. The van der Waals surface area contributed by atoms with E-state index in [1.54, 1.807) is 30.3 Å². The highest BCUT2D eigenvalue weighted by Gasteiger charge is 2.43. The first-order valence-electron chi connectivity index (χ1n) is 12.0. The lowest BCUT2D eigenvalue weighted by Gasteiger charge is -2.34. The summed E-state index contributed by atoms with van der Waals surface area (Å²) in [4.78, 5) is 26.0. The first-order chi connectivity index (χ1) is 16.4. The van der Waals surface area contributed by atoms with Gasteiger partial charge in [0.1, 0.15) is 5.82 Å². The number of benzene rings is 2. The van der Waals surface area contributed by atoms with Crippen molar-refractivity contribution in [2.24, 2.45) is 0 Å². The second-order valence-corrected chi connectivity index (χ2v) is 9.30. The number of esters is 1. The van der Waals surface area contributed by atoms with E-state index in [4.69, 9.17) is 4.74 Å². The molecule has 0 aromatic heterocycles. The minimum atomic E-state index is -0.810. The molecule has 1 amide bonds. The van der Waals surface area contributed by atoms with Crippen LogP contribution in [-0.2, 0) is 21.4 Å². The van der Waals surface area contributed by atoms with E-state index in [1.807, 2.05) is 29.2 Å². The molecule has 34 heavy (non-hydrogen) atoms. The molecule has 2 aliphatic rings. The molecule has 2 fully saturated rings. The predicted octanol–water partition coefficient (Wildman–Crippen LogP) is 4.57. The van der Waals surface area contributed by atoms with Gasteiger partial charge < -0.3 is 14.7 Å². The van der Waals surface area contributed by atoms with Gasteiger partial charge in [0.2, 0.25) is 5.91 Å². The van der Waals surface area contributed by atoms with Gasteiger partial charge in [-0.25, -0.2) is 9.18 Å². The molecule has 6 heteroatoms. The summed E-state index contributed by atoms with van der Waals surface area (Å²) in [6.45, 7) is 0.556. The molecule has 4 rings (SSSR count). The molecule has 1 aliphatic carbocycles. The molecule has 180 valence electrons. The van der Waals surface area contributed by atoms with Crippen molar-refractivity contribution < 1.29 is 23.8 Å². The largest absolute Gasteiger partial charge is 0.465 e. The number of nitrogens with zero attached hydrogens (tertiary/aromatic N) is 1. The van der Waals surface area contributed by atoms with E-state index in [0.29, 0.717) is 36.9 Å². The van der Waals surface area contributed by atoms with E-state index >= 15 is 0 Å². The Bertz CT molecular complexity index is 1040. The molecule has 1 aliphatic heterocycles. The van der Waals surface area contributed by atoms with Crippen LogP contribution < -0.4 is 0 Å². The Labute approximate surface area is 200 Å². The first-order valence-corrected chi connectivity index (χ1v) is 12.0. The Morgan fingerprint density at radius 2 is 1.91 bits per heavy atom. The van der Waals surface area contributed by atoms with Crippen molar-refractivity contribution in [3.8, 4) is 0 Å². The number of methoxy groups -OCH3 is 1. The van der Waals surface area contributed by atoms with Crippen molar-refractivity contribution in [3.05, 3.63) is 83.2 Å². The van der Waals surface area contributed by atoms with Gasteiger partial charge in [0, 0.05) is 18.4 Å². The average molecular weight is 466 g/mol. The molecule has 0 spiro atoms. The van der Waals surface area contributed by atoms with Crippen molar-refractivity contribution in [2.45, 2.75) is 62.5 Å². The van der Waals surface area contributed by atoms with Crippen molar-refractivity contribution in [2.75, 3.05) is 13.7 Å². The summed E-state index contributed by atoms with van der Waals surface area (Å²) >= 11 is 0. The van der Waals surface area contributed by atoms with Gasteiger partial charge in [-0.1, -0.05) is 55.3 Å². The number of amides is 1. The number of carbonyl (C=O) groups excluding carboxylic acids is 2. The average Bonchev–Trinajstić information content (AvgIpc) is 3.49. The van der Waals surface area contributed by atoms with Gasteiger partial charge in [-0.2, -0.15) is 0 Å². The molecule has 1 saturated carbocycles. The van der Waals surface area contributed by atoms with Crippen LogP contribution in [0.15, 0.2) is 60.7 Å². The van der Waals surface area contributed by atoms with E-state index in [9.17, 15) is 19.1 Å². The Morgan fingerprint density at radius 1 is 1.21 bits per heavy atom. The zero-order chi connectivity index (χ0) is 24.1. The number of carbonyl (C=O) groups is 2. The number of aliphatic hydroxyl groups is 1. The number of aliphatic hydroxyl groups excluding tert-OH is 1. The smallest absolute Gasteiger partial charge is 0.337 e. The molecule has 5 nitrogen and oxygen atoms in total.